The van der Waals surface area contributed by atoms with Gasteiger partial charge in [0.05, 0.1) is 11.3 Å². The largest absolute Gasteiger partial charge is 0.481 e. The van der Waals surface area contributed by atoms with Gasteiger partial charge >= 0.3 is 5.97 Å². The molecule has 0 aromatic heterocycles. The number of carbonyl (C=O) groups is 2. The number of rotatable bonds is 3. The number of piperidine rings is 2. The lowest BCUT2D eigenvalue weighted by Gasteiger charge is -2.41. The summed E-state index contributed by atoms with van der Waals surface area (Å²) < 4.78 is 0. The molecule has 0 aromatic rings. The van der Waals surface area contributed by atoms with E-state index in [1.807, 2.05) is 0 Å². The van der Waals surface area contributed by atoms with E-state index in [9.17, 15) is 9.59 Å². The Bertz CT molecular complexity index is 351. The van der Waals surface area contributed by atoms with Gasteiger partial charge in [-0.05, 0) is 45.2 Å². The molecule has 0 saturated carbocycles. The first-order valence-electron chi connectivity index (χ1n) is 7.32. The Labute approximate surface area is 114 Å². The van der Waals surface area contributed by atoms with Gasteiger partial charge in [-0.15, -0.1) is 0 Å². The summed E-state index contributed by atoms with van der Waals surface area (Å²) in [4.78, 5) is 25.7. The van der Waals surface area contributed by atoms with E-state index in [2.05, 4.69) is 12.2 Å². The van der Waals surface area contributed by atoms with Gasteiger partial charge in [-0.2, -0.15) is 0 Å². The fraction of sp³-hybridized carbons (Fsp3) is 0.857. The van der Waals surface area contributed by atoms with Gasteiger partial charge in [-0.25, -0.2) is 0 Å². The van der Waals surface area contributed by atoms with E-state index in [-0.39, 0.29) is 17.2 Å². The molecule has 0 bridgehead atoms. The van der Waals surface area contributed by atoms with Crippen molar-refractivity contribution in [2.75, 3.05) is 26.2 Å². The standard InChI is InChI=1S/C14H24N2O3/c1-2-14(5-7-15-8-6-14)13(19)16-9-3-4-11(10-16)12(17)18/h11,15H,2-10H2,1H3,(H,17,18)/t11-/m0/s1. The second kappa shape index (κ2) is 5.90. The van der Waals surface area contributed by atoms with Crippen LogP contribution < -0.4 is 5.32 Å². The molecule has 2 rings (SSSR count). The summed E-state index contributed by atoms with van der Waals surface area (Å²) >= 11 is 0. The molecular formula is C14H24N2O3. The second-order valence-electron chi connectivity index (χ2n) is 5.81. The van der Waals surface area contributed by atoms with Gasteiger partial charge in [0.1, 0.15) is 0 Å². The van der Waals surface area contributed by atoms with Gasteiger partial charge in [0.15, 0.2) is 0 Å². The molecule has 0 spiro atoms. The van der Waals surface area contributed by atoms with Crippen LogP contribution in [0.5, 0.6) is 0 Å². The summed E-state index contributed by atoms with van der Waals surface area (Å²) in [5, 5.41) is 12.4. The van der Waals surface area contributed by atoms with Crippen LogP contribution in [0.3, 0.4) is 0 Å². The average Bonchev–Trinajstić information content (AvgIpc) is 2.47. The molecule has 108 valence electrons. The first-order chi connectivity index (χ1) is 9.09. The summed E-state index contributed by atoms with van der Waals surface area (Å²) in [6.45, 7) is 4.95. The fourth-order valence-corrected chi connectivity index (χ4v) is 3.32. The second-order valence-corrected chi connectivity index (χ2v) is 5.81. The van der Waals surface area contributed by atoms with Gasteiger partial charge in [-0.1, -0.05) is 6.92 Å². The number of hydrogen-bond acceptors (Lipinski definition) is 3. The fourth-order valence-electron chi connectivity index (χ4n) is 3.32. The van der Waals surface area contributed by atoms with Crippen molar-refractivity contribution in [1.29, 1.82) is 0 Å². The van der Waals surface area contributed by atoms with Crippen LogP contribution in [-0.4, -0.2) is 48.1 Å². The Morgan fingerprint density at radius 3 is 2.63 bits per heavy atom. The summed E-state index contributed by atoms with van der Waals surface area (Å²) in [7, 11) is 0. The van der Waals surface area contributed by atoms with Crippen molar-refractivity contribution in [3.8, 4) is 0 Å². The van der Waals surface area contributed by atoms with E-state index in [4.69, 9.17) is 5.11 Å². The third-order valence-corrected chi connectivity index (χ3v) is 4.75. The topological polar surface area (TPSA) is 69.6 Å². The van der Waals surface area contributed by atoms with E-state index in [0.29, 0.717) is 13.0 Å². The molecule has 1 amide bonds. The molecule has 19 heavy (non-hydrogen) atoms. The minimum Gasteiger partial charge on any atom is -0.481 e. The van der Waals surface area contributed by atoms with Crippen LogP contribution in [0, 0.1) is 11.3 Å². The van der Waals surface area contributed by atoms with E-state index in [1.165, 1.54) is 0 Å². The van der Waals surface area contributed by atoms with Crippen molar-refractivity contribution in [2.24, 2.45) is 11.3 Å². The maximum Gasteiger partial charge on any atom is 0.308 e. The first kappa shape index (κ1) is 14.3. The highest BCUT2D eigenvalue weighted by atomic mass is 16.4. The quantitative estimate of drug-likeness (QED) is 0.804. The van der Waals surface area contributed by atoms with Gasteiger partial charge < -0.3 is 15.3 Å². The lowest BCUT2D eigenvalue weighted by Crippen LogP contribution is -2.52. The zero-order valence-electron chi connectivity index (χ0n) is 11.7. The van der Waals surface area contributed by atoms with Crippen LogP contribution >= 0.6 is 0 Å². The Kier molecular flexibility index (Phi) is 4.45. The minimum absolute atomic E-state index is 0.183. The third-order valence-electron chi connectivity index (χ3n) is 4.75. The van der Waals surface area contributed by atoms with E-state index < -0.39 is 5.97 Å². The molecule has 0 aliphatic carbocycles. The molecule has 2 aliphatic rings. The highest BCUT2D eigenvalue weighted by molar-refractivity contribution is 5.83. The van der Waals surface area contributed by atoms with Gasteiger partial charge in [-0.3, -0.25) is 9.59 Å². The Morgan fingerprint density at radius 2 is 2.05 bits per heavy atom. The molecule has 1 atom stereocenters. The van der Waals surface area contributed by atoms with Crippen molar-refractivity contribution >= 4 is 11.9 Å². The van der Waals surface area contributed by atoms with Crippen LogP contribution in [0.4, 0.5) is 0 Å². The molecule has 2 heterocycles. The number of carbonyl (C=O) groups excluding carboxylic acids is 1. The Morgan fingerprint density at radius 1 is 1.37 bits per heavy atom. The number of hydrogen-bond donors (Lipinski definition) is 2. The number of amides is 1. The van der Waals surface area contributed by atoms with Crippen molar-refractivity contribution in [3.63, 3.8) is 0 Å². The van der Waals surface area contributed by atoms with Crippen LogP contribution in [0.2, 0.25) is 0 Å². The van der Waals surface area contributed by atoms with E-state index >= 15 is 0 Å². The highest BCUT2D eigenvalue weighted by Gasteiger charge is 2.42. The summed E-state index contributed by atoms with van der Waals surface area (Å²) in [5.41, 5.74) is -0.258. The van der Waals surface area contributed by atoms with Crippen LogP contribution in [0.15, 0.2) is 0 Å². The number of carboxylic acids is 1. The maximum absolute atomic E-state index is 12.8. The molecule has 0 aromatic carbocycles. The molecular weight excluding hydrogens is 244 g/mol. The highest BCUT2D eigenvalue weighted by Crippen LogP contribution is 2.35. The minimum atomic E-state index is -0.770. The van der Waals surface area contributed by atoms with Crippen molar-refractivity contribution in [1.82, 2.24) is 10.2 Å². The van der Waals surface area contributed by atoms with Crippen LogP contribution in [-0.2, 0) is 9.59 Å². The van der Waals surface area contributed by atoms with Crippen molar-refractivity contribution in [2.45, 2.75) is 39.0 Å². The zero-order chi connectivity index (χ0) is 13.9. The first-order valence-corrected chi connectivity index (χ1v) is 7.32. The van der Waals surface area contributed by atoms with E-state index in [1.54, 1.807) is 4.90 Å². The van der Waals surface area contributed by atoms with Crippen molar-refractivity contribution in [3.05, 3.63) is 0 Å². The molecule has 2 aliphatic heterocycles. The maximum atomic E-state index is 12.8. The summed E-state index contributed by atoms with van der Waals surface area (Å²) in [5.74, 6) is -0.968. The number of aliphatic carboxylic acids is 1. The molecule has 5 nitrogen and oxygen atoms in total. The average molecular weight is 268 g/mol. The summed E-state index contributed by atoms with van der Waals surface area (Å²) in [6.07, 6.45) is 4.09. The third kappa shape index (κ3) is 2.91. The monoisotopic (exact) mass is 268 g/mol. The van der Waals surface area contributed by atoms with E-state index in [0.717, 1.165) is 45.3 Å². The van der Waals surface area contributed by atoms with Gasteiger partial charge in [0.25, 0.3) is 0 Å². The van der Waals surface area contributed by atoms with Crippen molar-refractivity contribution < 1.29 is 14.7 Å². The predicted octanol–water partition coefficient (Wildman–Crippen LogP) is 1.09. The number of carboxylic acid groups (broad SMARTS) is 1. The molecule has 0 unspecified atom stereocenters. The number of likely N-dealkylation sites (tertiary alicyclic amines) is 1. The lowest BCUT2D eigenvalue weighted by atomic mass is 9.75. The van der Waals surface area contributed by atoms with Crippen LogP contribution in [0.25, 0.3) is 0 Å². The van der Waals surface area contributed by atoms with Gasteiger partial charge in [0, 0.05) is 13.1 Å². The normalized spacial score (nSPS) is 27.0. The number of nitrogens with zero attached hydrogens (tertiary/aromatic N) is 1. The predicted molar refractivity (Wildman–Crippen MR) is 71.8 cm³/mol. The molecule has 2 saturated heterocycles. The number of nitrogens with one attached hydrogen (secondary N) is 1. The molecule has 0 radical (unpaired) electrons. The summed E-state index contributed by atoms with van der Waals surface area (Å²) in [6, 6.07) is 0. The van der Waals surface area contributed by atoms with Gasteiger partial charge in [0.2, 0.25) is 5.91 Å². The lowest BCUT2D eigenvalue weighted by molar-refractivity contribution is -0.150. The SMILES string of the molecule is CCC1(C(=O)N2CCC[C@H](C(=O)O)C2)CCNCC1. The van der Waals surface area contributed by atoms with Crippen LogP contribution in [0.1, 0.15) is 39.0 Å². The zero-order valence-corrected chi connectivity index (χ0v) is 11.7. The Hall–Kier alpha value is -1.10. The molecule has 2 fully saturated rings. The molecule has 5 heteroatoms. The Balaban J connectivity index is 2.06. The molecule has 2 N–H and O–H groups in total. The smallest absolute Gasteiger partial charge is 0.308 e.